The van der Waals surface area contributed by atoms with E-state index in [0.29, 0.717) is 6.61 Å². The molecule has 0 aliphatic carbocycles. The summed E-state index contributed by atoms with van der Waals surface area (Å²) in [5.74, 6) is -1.63. The van der Waals surface area contributed by atoms with E-state index in [2.05, 4.69) is 10.6 Å². The van der Waals surface area contributed by atoms with E-state index in [9.17, 15) is 14.0 Å². The Labute approximate surface area is 115 Å². The molecule has 0 bridgehead atoms. The van der Waals surface area contributed by atoms with Gasteiger partial charge in [-0.3, -0.25) is 0 Å². The lowest BCUT2D eigenvalue weighted by molar-refractivity contribution is -0.139. The third-order valence-corrected chi connectivity index (χ3v) is 2.50. The second kappa shape index (κ2) is 7.32. The SMILES string of the molecule is CCOc1ccc(NC(=O)NC(CC)C(=O)O)cc1F. The number of ether oxygens (including phenoxy) is 1. The minimum atomic E-state index is -1.12. The molecule has 0 aromatic heterocycles. The Balaban J connectivity index is 2.66. The molecule has 3 N–H and O–H groups in total. The number of carboxylic acids is 1. The van der Waals surface area contributed by atoms with Gasteiger partial charge in [0.1, 0.15) is 6.04 Å². The summed E-state index contributed by atoms with van der Waals surface area (Å²) in [5.41, 5.74) is 0.212. The number of benzene rings is 1. The maximum Gasteiger partial charge on any atom is 0.326 e. The Hall–Kier alpha value is -2.31. The average Bonchev–Trinajstić information content (AvgIpc) is 2.39. The highest BCUT2D eigenvalue weighted by atomic mass is 19.1. The van der Waals surface area contributed by atoms with Gasteiger partial charge in [-0.25, -0.2) is 14.0 Å². The number of aliphatic carboxylic acids is 1. The van der Waals surface area contributed by atoms with E-state index in [1.54, 1.807) is 13.8 Å². The summed E-state index contributed by atoms with van der Waals surface area (Å²) >= 11 is 0. The summed E-state index contributed by atoms with van der Waals surface area (Å²) in [7, 11) is 0. The second-order valence-corrected chi connectivity index (χ2v) is 3.98. The molecule has 0 saturated carbocycles. The lowest BCUT2D eigenvalue weighted by atomic mass is 10.2. The summed E-state index contributed by atoms with van der Waals surface area (Å²) in [5, 5.41) is 13.4. The molecule has 0 aliphatic heterocycles. The van der Waals surface area contributed by atoms with E-state index in [-0.39, 0.29) is 17.9 Å². The zero-order valence-electron chi connectivity index (χ0n) is 11.3. The lowest BCUT2D eigenvalue weighted by Gasteiger charge is -2.13. The van der Waals surface area contributed by atoms with Gasteiger partial charge < -0.3 is 20.5 Å². The van der Waals surface area contributed by atoms with Crippen molar-refractivity contribution >= 4 is 17.7 Å². The largest absolute Gasteiger partial charge is 0.491 e. The molecule has 0 aliphatic rings. The molecular weight excluding hydrogens is 267 g/mol. The first-order valence-electron chi connectivity index (χ1n) is 6.20. The molecule has 6 nitrogen and oxygen atoms in total. The van der Waals surface area contributed by atoms with Crippen LogP contribution in [0.3, 0.4) is 0 Å². The molecule has 20 heavy (non-hydrogen) atoms. The van der Waals surface area contributed by atoms with Gasteiger partial charge in [-0.2, -0.15) is 0 Å². The van der Waals surface area contributed by atoms with Gasteiger partial charge in [-0.15, -0.1) is 0 Å². The zero-order valence-corrected chi connectivity index (χ0v) is 11.3. The highest BCUT2D eigenvalue weighted by Gasteiger charge is 2.17. The van der Waals surface area contributed by atoms with Crippen LogP contribution in [-0.4, -0.2) is 29.8 Å². The van der Waals surface area contributed by atoms with E-state index < -0.39 is 23.9 Å². The van der Waals surface area contributed by atoms with Crippen molar-refractivity contribution in [3.05, 3.63) is 24.0 Å². The van der Waals surface area contributed by atoms with Crippen LogP contribution in [-0.2, 0) is 4.79 Å². The average molecular weight is 284 g/mol. The number of hydrogen-bond donors (Lipinski definition) is 3. The molecule has 1 rings (SSSR count). The van der Waals surface area contributed by atoms with Gasteiger partial charge in [0.15, 0.2) is 11.6 Å². The van der Waals surface area contributed by atoms with Crippen LogP contribution >= 0.6 is 0 Å². The monoisotopic (exact) mass is 284 g/mol. The van der Waals surface area contributed by atoms with Crippen LogP contribution in [0.25, 0.3) is 0 Å². The summed E-state index contributed by atoms with van der Waals surface area (Å²) in [6.07, 6.45) is 0.250. The number of nitrogens with one attached hydrogen (secondary N) is 2. The summed E-state index contributed by atoms with van der Waals surface area (Å²) in [4.78, 5) is 22.3. The van der Waals surface area contributed by atoms with E-state index in [0.717, 1.165) is 6.07 Å². The fourth-order valence-electron chi connectivity index (χ4n) is 1.51. The number of urea groups is 1. The number of rotatable bonds is 6. The first-order valence-corrected chi connectivity index (χ1v) is 6.20. The van der Waals surface area contributed by atoms with Crippen LogP contribution in [0.4, 0.5) is 14.9 Å². The van der Waals surface area contributed by atoms with Gasteiger partial charge in [0.05, 0.1) is 6.61 Å². The fourth-order valence-corrected chi connectivity index (χ4v) is 1.51. The number of hydrogen-bond acceptors (Lipinski definition) is 3. The van der Waals surface area contributed by atoms with Crippen molar-refractivity contribution in [2.75, 3.05) is 11.9 Å². The Kier molecular flexibility index (Phi) is 5.76. The van der Waals surface area contributed by atoms with Crippen LogP contribution in [0.15, 0.2) is 18.2 Å². The number of carbonyl (C=O) groups excluding carboxylic acids is 1. The predicted octanol–water partition coefficient (Wildman–Crippen LogP) is 2.21. The minimum absolute atomic E-state index is 0.0930. The Morgan fingerprint density at radius 1 is 1.40 bits per heavy atom. The van der Waals surface area contributed by atoms with Crippen LogP contribution in [0.2, 0.25) is 0 Å². The second-order valence-electron chi connectivity index (χ2n) is 3.98. The molecule has 1 aromatic rings. The predicted molar refractivity (Wildman–Crippen MR) is 71.4 cm³/mol. The summed E-state index contributed by atoms with van der Waals surface area (Å²) in [6.45, 7) is 3.70. The quantitative estimate of drug-likeness (QED) is 0.747. The molecule has 0 fully saturated rings. The van der Waals surface area contributed by atoms with Gasteiger partial charge in [0.2, 0.25) is 0 Å². The van der Waals surface area contributed by atoms with Gasteiger partial charge in [0.25, 0.3) is 0 Å². The molecule has 1 unspecified atom stereocenters. The van der Waals surface area contributed by atoms with Crippen LogP contribution in [0.5, 0.6) is 5.75 Å². The van der Waals surface area contributed by atoms with Crippen molar-refractivity contribution in [1.82, 2.24) is 5.32 Å². The molecule has 7 heteroatoms. The molecule has 0 saturated heterocycles. The third kappa shape index (κ3) is 4.42. The number of carbonyl (C=O) groups is 2. The Morgan fingerprint density at radius 2 is 2.10 bits per heavy atom. The molecule has 2 amide bonds. The number of halogens is 1. The molecule has 110 valence electrons. The van der Waals surface area contributed by atoms with Crippen molar-refractivity contribution in [2.45, 2.75) is 26.3 Å². The van der Waals surface area contributed by atoms with E-state index in [4.69, 9.17) is 9.84 Å². The van der Waals surface area contributed by atoms with Gasteiger partial charge >= 0.3 is 12.0 Å². The minimum Gasteiger partial charge on any atom is -0.491 e. The number of amides is 2. The third-order valence-electron chi connectivity index (χ3n) is 2.50. The van der Waals surface area contributed by atoms with Crippen molar-refractivity contribution in [2.24, 2.45) is 0 Å². The molecule has 0 spiro atoms. The molecule has 0 heterocycles. The van der Waals surface area contributed by atoms with E-state index in [1.807, 2.05) is 0 Å². The van der Waals surface area contributed by atoms with Gasteiger partial charge in [0, 0.05) is 11.8 Å². The molecule has 1 aromatic carbocycles. The lowest BCUT2D eigenvalue weighted by Crippen LogP contribution is -2.42. The fraction of sp³-hybridized carbons (Fsp3) is 0.385. The van der Waals surface area contributed by atoms with Gasteiger partial charge in [-0.1, -0.05) is 6.92 Å². The van der Waals surface area contributed by atoms with E-state index >= 15 is 0 Å². The standard InChI is InChI=1S/C13H17FN2O4/c1-3-10(12(17)18)16-13(19)15-8-5-6-11(20-4-2)9(14)7-8/h5-7,10H,3-4H2,1-2H3,(H,17,18)(H2,15,16,19). The zero-order chi connectivity index (χ0) is 15.1. The normalized spacial score (nSPS) is 11.6. The Bertz CT molecular complexity index is 493. The van der Waals surface area contributed by atoms with Gasteiger partial charge in [-0.05, 0) is 25.5 Å². The first-order chi connectivity index (χ1) is 9.47. The summed E-state index contributed by atoms with van der Waals surface area (Å²) < 4.78 is 18.6. The van der Waals surface area contributed by atoms with Crippen LogP contribution < -0.4 is 15.4 Å². The topological polar surface area (TPSA) is 87.7 Å². The van der Waals surface area contributed by atoms with Crippen molar-refractivity contribution in [3.63, 3.8) is 0 Å². The first kappa shape index (κ1) is 15.7. The maximum absolute atomic E-state index is 13.6. The number of carboxylic acid groups (broad SMARTS) is 1. The molecule has 1 atom stereocenters. The number of anilines is 1. The van der Waals surface area contributed by atoms with E-state index in [1.165, 1.54) is 12.1 Å². The van der Waals surface area contributed by atoms with Crippen LogP contribution in [0, 0.1) is 5.82 Å². The molecular formula is C13H17FN2O4. The van der Waals surface area contributed by atoms with Crippen molar-refractivity contribution < 1.29 is 23.8 Å². The van der Waals surface area contributed by atoms with Crippen molar-refractivity contribution in [3.8, 4) is 5.75 Å². The molecule has 0 radical (unpaired) electrons. The van der Waals surface area contributed by atoms with Crippen LogP contribution in [0.1, 0.15) is 20.3 Å². The summed E-state index contributed by atoms with van der Waals surface area (Å²) in [6, 6.07) is 2.27. The Morgan fingerprint density at radius 3 is 2.60 bits per heavy atom. The van der Waals surface area contributed by atoms with Crippen molar-refractivity contribution in [1.29, 1.82) is 0 Å². The highest BCUT2D eigenvalue weighted by Crippen LogP contribution is 2.21. The highest BCUT2D eigenvalue weighted by molar-refractivity contribution is 5.92. The maximum atomic E-state index is 13.6. The smallest absolute Gasteiger partial charge is 0.326 e.